The van der Waals surface area contributed by atoms with Gasteiger partial charge in [-0.05, 0) is 49.1 Å². The van der Waals surface area contributed by atoms with E-state index in [2.05, 4.69) is 15.2 Å². The Morgan fingerprint density at radius 3 is 1.91 bits per heavy atom. The van der Waals surface area contributed by atoms with E-state index in [-0.39, 0.29) is 5.91 Å². The second-order valence-corrected chi connectivity index (χ2v) is 10.3. The SMILES string of the molecule is O=C(O)/C=C\C(=O)O.O=C1NC(c2ccccc2)(c2ccccn2)C(=O)N1CCCN1CCC(O)(c2ccccc2)CC1. The van der Waals surface area contributed by atoms with E-state index in [4.69, 9.17) is 10.2 Å². The first kappa shape index (κ1) is 31.1. The van der Waals surface area contributed by atoms with Crippen LogP contribution in [0.3, 0.4) is 0 Å². The molecule has 43 heavy (non-hydrogen) atoms. The van der Waals surface area contributed by atoms with Crippen molar-refractivity contribution in [3.05, 3.63) is 114 Å². The molecule has 3 aromatic rings. The predicted octanol–water partition coefficient (Wildman–Crippen LogP) is 2.96. The summed E-state index contributed by atoms with van der Waals surface area (Å²) >= 11 is 0. The fourth-order valence-corrected chi connectivity index (χ4v) is 5.35. The minimum Gasteiger partial charge on any atom is -0.478 e. The number of amides is 3. The molecule has 5 rings (SSSR count). The highest BCUT2D eigenvalue weighted by Crippen LogP contribution is 2.35. The average Bonchev–Trinajstić information content (AvgIpc) is 3.28. The van der Waals surface area contributed by atoms with Gasteiger partial charge in [0.1, 0.15) is 0 Å². The van der Waals surface area contributed by atoms with Gasteiger partial charge in [0.15, 0.2) is 5.54 Å². The lowest BCUT2D eigenvalue weighted by Gasteiger charge is -2.38. The van der Waals surface area contributed by atoms with Crippen molar-refractivity contribution in [2.24, 2.45) is 0 Å². The number of aliphatic hydroxyl groups is 1. The highest BCUT2D eigenvalue weighted by molar-refractivity contribution is 6.09. The maximum Gasteiger partial charge on any atom is 0.328 e. The van der Waals surface area contributed by atoms with E-state index in [0.29, 0.717) is 49.2 Å². The summed E-state index contributed by atoms with van der Waals surface area (Å²) in [6.07, 6.45) is 4.74. The molecule has 0 aliphatic carbocycles. The topological polar surface area (TPSA) is 160 Å². The van der Waals surface area contributed by atoms with E-state index in [1.807, 2.05) is 66.7 Å². The number of piperidine rings is 1. The normalized spacial score (nSPS) is 19.9. The molecule has 3 amide bonds. The third-order valence-electron chi connectivity index (χ3n) is 7.58. The molecule has 0 radical (unpaired) electrons. The van der Waals surface area contributed by atoms with Crippen LogP contribution < -0.4 is 5.32 Å². The van der Waals surface area contributed by atoms with E-state index < -0.39 is 29.1 Å². The second kappa shape index (κ2) is 13.9. The van der Waals surface area contributed by atoms with Crippen LogP contribution in [-0.4, -0.2) is 80.2 Å². The number of likely N-dealkylation sites (tertiary alicyclic amines) is 1. The summed E-state index contributed by atoms with van der Waals surface area (Å²) in [6.45, 7) is 2.62. The molecule has 1 atom stereocenters. The van der Waals surface area contributed by atoms with E-state index in [9.17, 15) is 24.3 Å². The summed E-state index contributed by atoms with van der Waals surface area (Å²) in [7, 11) is 0. The van der Waals surface area contributed by atoms with Gasteiger partial charge in [-0.25, -0.2) is 14.4 Å². The third-order valence-corrected chi connectivity index (χ3v) is 7.58. The lowest BCUT2D eigenvalue weighted by atomic mass is 9.84. The smallest absolute Gasteiger partial charge is 0.328 e. The Morgan fingerprint density at radius 1 is 0.814 bits per heavy atom. The predicted molar refractivity (Wildman–Crippen MR) is 157 cm³/mol. The van der Waals surface area contributed by atoms with Gasteiger partial charge >= 0.3 is 18.0 Å². The van der Waals surface area contributed by atoms with Crippen LogP contribution in [0.4, 0.5) is 4.79 Å². The van der Waals surface area contributed by atoms with Gasteiger partial charge in [0.25, 0.3) is 5.91 Å². The standard InChI is InChI=1S/C28H30N4O3.C4H4O4/c33-25-28(23-12-5-2-6-13-23,24-14-7-8-17-29-24)30-26(34)32(25)19-9-18-31-20-15-27(35,16-21-31)22-10-3-1-4-11-22;5-3(6)1-2-4(7)8/h1-8,10-14,17,35H,9,15-16,18-21H2,(H,30,34);1-2H,(H,5,6)(H,7,8)/b;2-1-. The number of hydrogen-bond donors (Lipinski definition) is 4. The van der Waals surface area contributed by atoms with Crippen LogP contribution in [0.15, 0.2) is 97.2 Å². The van der Waals surface area contributed by atoms with Crippen molar-refractivity contribution in [2.75, 3.05) is 26.2 Å². The number of carboxylic acid groups (broad SMARTS) is 2. The number of pyridine rings is 1. The molecule has 224 valence electrons. The first-order chi connectivity index (χ1) is 20.7. The number of rotatable bonds is 9. The molecule has 1 aromatic heterocycles. The zero-order valence-electron chi connectivity index (χ0n) is 23.5. The minimum atomic E-state index is -1.32. The van der Waals surface area contributed by atoms with E-state index in [1.165, 1.54) is 4.90 Å². The molecule has 11 heteroatoms. The number of nitrogens with zero attached hydrogens (tertiary/aromatic N) is 3. The summed E-state index contributed by atoms with van der Waals surface area (Å²) < 4.78 is 0. The average molecular weight is 587 g/mol. The Morgan fingerprint density at radius 2 is 1.37 bits per heavy atom. The number of hydrogen-bond acceptors (Lipinski definition) is 7. The first-order valence-electron chi connectivity index (χ1n) is 13.9. The Balaban J connectivity index is 0.000000467. The van der Waals surface area contributed by atoms with Gasteiger partial charge in [-0.15, -0.1) is 0 Å². The van der Waals surface area contributed by atoms with Gasteiger partial charge in [-0.2, -0.15) is 0 Å². The number of urea groups is 1. The largest absolute Gasteiger partial charge is 0.478 e. The fourth-order valence-electron chi connectivity index (χ4n) is 5.35. The van der Waals surface area contributed by atoms with Crippen molar-refractivity contribution in [2.45, 2.75) is 30.4 Å². The number of carbonyl (C=O) groups is 4. The molecule has 1 unspecified atom stereocenters. The maximum atomic E-state index is 13.7. The molecule has 11 nitrogen and oxygen atoms in total. The molecule has 3 heterocycles. The van der Waals surface area contributed by atoms with Gasteiger partial charge in [-0.3, -0.25) is 14.7 Å². The van der Waals surface area contributed by atoms with Crippen LogP contribution in [-0.2, 0) is 25.5 Å². The first-order valence-corrected chi connectivity index (χ1v) is 13.9. The maximum absolute atomic E-state index is 13.7. The van der Waals surface area contributed by atoms with Crippen LogP contribution in [0.5, 0.6) is 0 Å². The molecular formula is C32H34N4O7. The van der Waals surface area contributed by atoms with Crippen molar-refractivity contribution < 1.29 is 34.5 Å². The van der Waals surface area contributed by atoms with Gasteiger partial charge in [0.05, 0.1) is 11.3 Å². The number of benzene rings is 2. The van der Waals surface area contributed by atoms with Crippen LogP contribution in [0.2, 0.25) is 0 Å². The van der Waals surface area contributed by atoms with Gasteiger partial charge in [0.2, 0.25) is 0 Å². The van der Waals surface area contributed by atoms with Gasteiger partial charge in [-0.1, -0.05) is 66.7 Å². The van der Waals surface area contributed by atoms with Gasteiger partial charge in [0, 0.05) is 38.0 Å². The molecule has 0 saturated carbocycles. The van der Waals surface area contributed by atoms with Crippen LogP contribution in [0, 0.1) is 0 Å². The van der Waals surface area contributed by atoms with Crippen LogP contribution >= 0.6 is 0 Å². The van der Waals surface area contributed by atoms with E-state index in [1.54, 1.807) is 18.3 Å². The number of carbonyl (C=O) groups excluding carboxylic acids is 2. The Kier molecular flexibility index (Phi) is 10.0. The molecule has 0 spiro atoms. The van der Waals surface area contributed by atoms with Crippen molar-refractivity contribution in [3.8, 4) is 0 Å². The third kappa shape index (κ3) is 7.32. The summed E-state index contributed by atoms with van der Waals surface area (Å²) in [6, 6.07) is 24.1. The highest BCUT2D eigenvalue weighted by Gasteiger charge is 2.54. The van der Waals surface area contributed by atoms with Gasteiger partial charge < -0.3 is 25.5 Å². The number of nitrogens with one attached hydrogen (secondary N) is 1. The monoisotopic (exact) mass is 586 g/mol. The molecular weight excluding hydrogens is 552 g/mol. The highest BCUT2D eigenvalue weighted by atomic mass is 16.4. The Labute approximate surface area is 249 Å². The quantitative estimate of drug-likeness (QED) is 0.218. The second-order valence-electron chi connectivity index (χ2n) is 10.3. The Hall–Kier alpha value is -4.87. The minimum absolute atomic E-state index is 0.301. The Bertz CT molecular complexity index is 1380. The van der Waals surface area contributed by atoms with Crippen molar-refractivity contribution in [1.29, 1.82) is 0 Å². The zero-order valence-corrected chi connectivity index (χ0v) is 23.5. The number of carboxylic acids is 2. The summed E-state index contributed by atoms with van der Waals surface area (Å²) in [4.78, 5) is 53.8. The molecule has 2 saturated heterocycles. The number of aromatic nitrogens is 1. The van der Waals surface area contributed by atoms with E-state index >= 15 is 0 Å². The molecule has 2 fully saturated rings. The summed E-state index contributed by atoms with van der Waals surface area (Å²) in [5, 5.41) is 29.6. The van der Waals surface area contributed by atoms with Crippen molar-refractivity contribution >= 4 is 23.9 Å². The molecule has 2 aliphatic heterocycles. The molecule has 0 bridgehead atoms. The van der Waals surface area contributed by atoms with Crippen LogP contribution in [0.25, 0.3) is 0 Å². The zero-order chi connectivity index (χ0) is 30.9. The summed E-state index contributed by atoms with van der Waals surface area (Å²) in [5.74, 6) is -2.82. The molecule has 2 aliphatic rings. The number of imide groups is 1. The lowest BCUT2D eigenvalue weighted by Crippen LogP contribution is -2.46. The fraction of sp³-hybridized carbons (Fsp3) is 0.281. The van der Waals surface area contributed by atoms with Crippen molar-refractivity contribution in [1.82, 2.24) is 20.1 Å². The summed E-state index contributed by atoms with van der Waals surface area (Å²) in [5.41, 5.74) is 0.0436. The number of aliphatic carboxylic acids is 2. The van der Waals surface area contributed by atoms with E-state index in [0.717, 1.165) is 25.2 Å². The van der Waals surface area contributed by atoms with Crippen LogP contribution in [0.1, 0.15) is 36.1 Å². The van der Waals surface area contributed by atoms with Crippen molar-refractivity contribution in [3.63, 3.8) is 0 Å². The molecule has 4 N–H and O–H groups in total. The molecule has 2 aromatic carbocycles. The lowest BCUT2D eigenvalue weighted by molar-refractivity contribution is -0.134.